The molecule has 3 rings (SSSR count). The Balaban J connectivity index is 1.72. The van der Waals surface area contributed by atoms with Crippen molar-refractivity contribution in [3.63, 3.8) is 0 Å². The smallest absolute Gasteiger partial charge is 0.242 e. The highest BCUT2D eigenvalue weighted by Crippen LogP contribution is 2.19. The van der Waals surface area contributed by atoms with Gasteiger partial charge in [-0.1, -0.05) is 49.4 Å². The fraction of sp³-hybridized carbons (Fsp3) is 0.190. The van der Waals surface area contributed by atoms with E-state index in [9.17, 15) is 13.2 Å². The van der Waals surface area contributed by atoms with Crippen LogP contribution in [0.1, 0.15) is 19.4 Å². The first-order chi connectivity index (χ1) is 12.9. The van der Waals surface area contributed by atoms with Gasteiger partial charge in [-0.3, -0.25) is 4.79 Å². The molecule has 27 heavy (non-hydrogen) atoms. The first kappa shape index (κ1) is 19.1. The fourth-order valence-corrected chi connectivity index (χ4v) is 4.00. The molecule has 0 aliphatic rings. The quantitative estimate of drug-likeness (QED) is 0.682. The third-order valence-electron chi connectivity index (χ3n) is 4.39. The first-order valence-electron chi connectivity index (χ1n) is 8.80. The van der Waals surface area contributed by atoms with E-state index in [0.717, 1.165) is 22.8 Å². The number of amides is 1. The minimum Gasteiger partial charge on any atom is -0.325 e. The van der Waals surface area contributed by atoms with Crippen LogP contribution in [-0.2, 0) is 21.2 Å². The molecule has 0 aromatic heterocycles. The Kier molecular flexibility index (Phi) is 5.58. The number of carbonyl (C=O) groups excluding carboxylic acids is 1. The van der Waals surface area contributed by atoms with E-state index in [-0.39, 0.29) is 4.90 Å². The Hall–Kier alpha value is -2.70. The van der Waals surface area contributed by atoms with Crippen LogP contribution in [0.15, 0.2) is 71.6 Å². The summed E-state index contributed by atoms with van der Waals surface area (Å²) in [5.41, 5.74) is 1.80. The van der Waals surface area contributed by atoms with Gasteiger partial charge in [0.2, 0.25) is 15.9 Å². The van der Waals surface area contributed by atoms with Crippen molar-refractivity contribution in [3.05, 3.63) is 72.3 Å². The number of sulfonamides is 1. The molecule has 1 atom stereocenters. The van der Waals surface area contributed by atoms with Crippen LogP contribution >= 0.6 is 0 Å². The number of aryl methyl sites for hydroxylation is 1. The second kappa shape index (κ2) is 7.90. The summed E-state index contributed by atoms with van der Waals surface area (Å²) in [5.74, 6) is -0.413. The molecule has 3 aromatic rings. The molecule has 0 unspecified atom stereocenters. The first-order valence-corrected chi connectivity index (χ1v) is 10.3. The van der Waals surface area contributed by atoms with Crippen LogP contribution in [0.4, 0.5) is 5.69 Å². The Morgan fingerprint density at radius 3 is 2.30 bits per heavy atom. The third-order valence-corrected chi connectivity index (χ3v) is 5.92. The topological polar surface area (TPSA) is 75.3 Å². The molecule has 0 saturated heterocycles. The van der Waals surface area contributed by atoms with Gasteiger partial charge in [0.05, 0.1) is 10.9 Å². The van der Waals surface area contributed by atoms with Crippen molar-refractivity contribution < 1.29 is 13.2 Å². The molecule has 6 heteroatoms. The van der Waals surface area contributed by atoms with Crippen molar-refractivity contribution in [2.24, 2.45) is 0 Å². The minimum absolute atomic E-state index is 0.133. The van der Waals surface area contributed by atoms with Crippen LogP contribution in [0.25, 0.3) is 10.8 Å². The number of nitrogens with one attached hydrogen (secondary N) is 2. The molecule has 0 radical (unpaired) electrons. The maximum atomic E-state index is 12.6. The zero-order chi connectivity index (χ0) is 19.4. The summed E-state index contributed by atoms with van der Waals surface area (Å²) in [6, 6.07) is 19.0. The molecule has 0 spiro atoms. The Bertz CT molecular complexity index is 1060. The Morgan fingerprint density at radius 1 is 0.963 bits per heavy atom. The van der Waals surface area contributed by atoms with Crippen molar-refractivity contribution >= 4 is 32.4 Å². The number of rotatable bonds is 6. The SMILES string of the molecule is CCc1ccc(NC(=O)[C@@H](C)NS(=O)(=O)c2ccc3ccccc3c2)cc1. The van der Waals surface area contributed by atoms with Gasteiger partial charge in [0.25, 0.3) is 0 Å². The summed E-state index contributed by atoms with van der Waals surface area (Å²) < 4.78 is 27.7. The highest BCUT2D eigenvalue weighted by atomic mass is 32.2. The van der Waals surface area contributed by atoms with Gasteiger partial charge < -0.3 is 5.32 Å². The van der Waals surface area contributed by atoms with E-state index >= 15 is 0 Å². The van der Waals surface area contributed by atoms with E-state index < -0.39 is 22.0 Å². The summed E-state index contributed by atoms with van der Waals surface area (Å²) in [5, 5.41) is 4.51. The summed E-state index contributed by atoms with van der Waals surface area (Å²) in [7, 11) is -3.81. The van der Waals surface area contributed by atoms with Gasteiger partial charge >= 0.3 is 0 Å². The van der Waals surface area contributed by atoms with E-state index in [1.165, 1.54) is 6.92 Å². The maximum Gasteiger partial charge on any atom is 0.242 e. The third kappa shape index (κ3) is 4.53. The van der Waals surface area contributed by atoms with Crippen molar-refractivity contribution in [1.82, 2.24) is 4.72 Å². The number of hydrogen-bond acceptors (Lipinski definition) is 3. The molecule has 0 fully saturated rings. The number of hydrogen-bond donors (Lipinski definition) is 2. The van der Waals surface area contributed by atoms with Crippen molar-refractivity contribution in [2.45, 2.75) is 31.2 Å². The Morgan fingerprint density at radius 2 is 1.63 bits per heavy atom. The molecular formula is C21H22N2O3S. The van der Waals surface area contributed by atoms with Gasteiger partial charge in [-0.25, -0.2) is 8.42 Å². The fourth-order valence-electron chi connectivity index (χ4n) is 2.76. The summed E-state index contributed by atoms with van der Waals surface area (Å²) >= 11 is 0. The standard InChI is InChI=1S/C21H22N2O3S/c1-3-16-8-11-19(12-9-16)22-21(24)15(2)23-27(25,26)20-13-10-17-6-4-5-7-18(17)14-20/h4-15,23H,3H2,1-2H3,(H,22,24)/t15-/m1/s1. The summed E-state index contributed by atoms with van der Waals surface area (Å²) in [4.78, 5) is 12.5. The number of anilines is 1. The lowest BCUT2D eigenvalue weighted by Gasteiger charge is -2.15. The molecule has 0 saturated carbocycles. The monoisotopic (exact) mass is 382 g/mol. The molecule has 3 aromatic carbocycles. The van der Waals surface area contributed by atoms with Gasteiger partial charge in [-0.15, -0.1) is 0 Å². The van der Waals surface area contributed by atoms with Gasteiger partial charge in [0.15, 0.2) is 0 Å². The van der Waals surface area contributed by atoms with E-state index in [0.29, 0.717) is 5.69 Å². The highest BCUT2D eigenvalue weighted by molar-refractivity contribution is 7.89. The predicted octanol–water partition coefficient (Wildman–Crippen LogP) is 3.71. The lowest BCUT2D eigenvalue weighted by Crippen LogP contribution is -2.41. The van der Waals surface area contributed by atoms with Gasteiger partial charge in [-0.05, 0) is 53.9 Å². The second-order valence-electron chi connectivity index (χ2n) is 6.39. The molecular weight excluding hydrogens is 360 g/mol. The van der Waals surface area contributed by atoms with Gasteiger partial charge in [-0.2, -0.15) is 4.72 Å². The molecule has 1 amide bonds. The predicted molar refractivity (Wildman–Crippen MR) is 108 cm³/mol. The lowest BCUT2D eigenvalue weighted by atomic mass is 10.1. The molecule has 0 aliphatic heterocycles. The van der Waals surface area contributed by atoms with Gasteiger partial charge in [0.1, 0.15) is 0 Å². The van der Waals surface area contributed by atoms with Crippen molar-refractivity contribution in [1.29, 1.82) is 0 Å². The van der Waals surface area contributed by atoms with E-state index in [2.05, 4.69) is 17.0 Å². The van der Waals surface area contributed by atoms with Gasteiger partial charge in [0, 0.05) is 5.69 Å². The number of fused-ring (bicyclic) bond motifs is 1. The average molecular weight is 382 g/mol. The van der Waals surface area contributed by atoms with Crippen LogP contribution in [0.3, 0.4) is 0 Å². The van der Waals surface area contributed by atoms with Crippen LogP contribution in [-0.4, -0.2) is 20.4 Å². The largest absolute Gasteiger partial charge is 0.325 e. The maximum absolute atomic E-state index is 12.6. The van der Waals surface area contributed by atoms with Crippen molar-refractivity contribution in [2.75, 3.05) is 5.32 Å². The summed E-state index contributed by atoms with van der Waals surface area (Å²) in [6.07, 6.45) is 0.913. The summed E-state index contributed by atoms with van der Waals surface area (Å²) in [6.45, 7) is 3.57. The minimum atomic E-state index is -3.81. The van der Waals surface area contributed by atoms with Crippen LogP contribution in [0.5, 0.6) is 0 Å². The second-order valence-corrected chi connectivity index (χ2v) is 8.11. The average Bonchev–Trinajstić information content (AvgIpc) is 2.67. The number of benzene rings is 3. The van der Waals surface area contributed by atoms with Crippen LogP contribution in [0.2, 0.25) is 0 Å². The van der Waals surface area contributed by atoms with E-state index in [1.807, 2.05) is 36.4 Å². The molecule has 0 aliphatic carbocycles. The normalized spacial score (nSPS) is 12.7. The van der Waals surface area contributed by atoms with Crippen molar-refractivity contribution in [3.8, 4) is 0 Å². The molecule has 0 heterocycles. The zero-order valence-corrected chi connectivity index (χ0v) is 16.1. The lowest BCUT2D eigenvalue weighted by molar-refractivity contribution is -0.117. The molecule has 0 bridgehead atoms. The Labute approximate surface area is 159 Å². The zero-order valence-electron chi connectivity index (χ0n) is 15.3. The van der Waals surface area contributed by atoms with E-state index in [4.69, 9.17) is 0 Å². The van der Waals surface area contributed by atoms with Crippen LogP contribution in [0, 0.1) is 0 Å². The van der Waals surface area contributed by atoms with Crippen LogP contribution < -0.4 is 10.0 Å². The molecule has 140 valence electrons. The molecule has 2 N–H and O–H groups in total. The number of carbonyl (C=O) groups is 1. The molecule has 5 nitrogen and oxygen atoms in total. The van der Waals surface area contributed by atoms with E-state index in [1.54, 1.807) is 30.3 Å². The highest BCUT2D eigenvalue weighted by Gasteiger charge is 2.22.